The van der Waals surface area contributed by atoms with Crippen LogP contribution in [0.1, 0.15) is 5.56 Å². The first kappa shape index (κ1) is 13.8. The lowest BCUT2D eigenvalue weighted by atomic mass is 10.2. The zero-order chi connectivity index (χ0) is 14.6. The Morgan fingerprint density at radius 2 is 1.65 bits per heavy atom. The summed E-state index contributed by atoms with van der Waals surface area (Å²) < 4.78 is 24.3. The number of aromatic nitrogens is 2. The number of anilines is 3. The average molecular weight is 289 g/mol. The van der Waals surface area contributed by atoms with Gasteiger partial charge in [-0.2, -0.15) is 5.26 Å². The van der Waals surface area contributed by atoms with Crippen LogP contribution >= 0.6 is 0 Å². The van der Waals surface area contributed by atoms with Gasteiger partial charge in [-0.3, -0.25) is 4.72 Å². The summed E-state index contributed by atoms with van der Waals surface area (Å²) >= 11 is 0. The van der Waals surface area contributed by atoms with Gasteiger partial charge >= 0.3 is 0 Å². The fourth-order valence-electron chi connectivity index (χ4n) is 1.42. The molecule has 7 nitrogen and oxygen atoms in total. The molecular formula is C12H11N5O2S. The van der Waals surface area contributed by atoms with Gasteiger partial charge in [-0.05, 0) is 36.4 Å². The number of nitrogens with zero attached hydrogens (tertiary/aromatic N) is 3. The lowest BCUT2D eigenvalue weighted by Gasteiger charge is -2.06. The number of nitrogens with one attached hydrogen (secondary N) is 2. The first-order chi connectivity index (χ1) is 9.46. The van der Waals surface area contributed by atoms with Crippen LogP contribution in [-0.4, -0.2) is 24.9 Å². The molecule has 0 aliphatic carbocycles. The average Bonchev–Trinajstić information content (AvgIpc) is 2.40. The van der Waals surface area contributed by atoms with Gasteiger partial charge in [0.25, 0.3) is 0 Å². The summed E-state index contributed by atoms with van der Waals surface area (Å²) in [4.78, 5) is 0. The third-order valence-corrected chi connectivity index (χ3v) is 2.82. The Labute approximate surface area is 116 Å². The van der Waals surface area contributed by atoms with Crippen molar-refractivity contribution in [2.24, 2.45) is 0 Å². The molecule has 0 atom stereocenters. The Hall–Kier alpha value is -2.66. The zero-order valence-electron chi connectivity index (χ0n) is 10.5. The number of hydrogen-bond acceptors (Lipinski definition) is 6. The van der Waals surface area contributed by atoms with E-state index >= 15 is 0 Å². The van der Waals surface area contributed by atoms with Gasteiger partial charge in [-0.1, -0.05) is 0 Å². The van der Waals surface area contributed by atoms with Crippen molar-refractivity contribution >= 4 is 27.3 Å². The van der Waals surface area contributed by atoms with Crippen molar-refractivity contribution in [2.45, 2.75) is 0 Å². The molecule has 0 saturated heterocycles. The molecule has 20 heavy (non-hydrogen) atoms. The van der Waals surface area contributed by atoms with E-state index in [-0.39, 0.29) is 5.82 Å². The minimum Gasteiger partial charge on any atom is -0.339 e. The normalized spacial score (nSPS) is 10.6. The van der Waals surface area contributed by atoms with E-state index in [1.54, 1.807) is 30.3 Å². The lowest BCUT2D eigenvalue weighted by Crippen LogP contribution is -2.11. The summed E-state index contributed by atoms with van der Waals surface area (Å²) in [6.45, 7) is 0. The molecule has 0 radical (unpaired) electrons. The van der Waals surface area contributed by atoms with Gasteiger partial charge in [0.05, 0.1) is 17.9 Å². The smallest absolute Gasteiger partial charge is 0.231 e. The quantitative estimate of drug-likeness (QED) is 0.882. The SMILES string of the molecule is CS(=O)(=O)Nc1ccc(Nc2ccc(C#N)cc2)nn1. The van der Waals surface area contributed by atoms with Gasteiger partial charge in [-0.15, -0.1) is 10.2 Å². The van der Waals surface area contributed by atoms with Crippen LogP contribution in [0.3, 0.4) is 0 Å². The molecule has 102 valence electrons. The van der Waals surface area contributed by atoms with E-state index in [9.17, 15) is 8.42 Å². The van der Waals surface area contributed by atoms with Gasteiger partial charge in [0.15, 0.2) is 11.6 Å². The highest BCUT2D eigenvalue weighted by molar-refractivity contribution is 7.92. The molecule has 0 saturated carbocycles. The minimum absolute atomic E-state index is 0.151. The van der Waals surface area contributed by atoms with E-state index in [4.69, 9.17) is 5.26 Å². The van der Waals surface area contributed by atoms with Crippen LogP contribution in [0.4, 0.5) is 17.3 Å². The summed E-state index contributed by atoms with van der Waals surface area (Å²) in [6.07, 6.45) is 1.04. The zero-order valence-corrected chi connectivity index (χ0v) is 11.3. The van der Waals surface area contributed by atoms with E-state index < -0.39 is 10.0 Å². The maximum atomic E-state index is 11.0. The predicted molar refractivity (Wildman–Crippen MR) is 74.9 cm³/mol. The lowest BCUT2D eigenvalue weighted by molar-refractivity contribution is 0.606. The van der Waals surface area contributed by atoms with Gasteiger partial charge < -0.3 is 5.32 Å². The summed E-state index contributed by atoms with van der Waals surface area (Å²) in [5.74, 6) is 0.617. The Balaban J connectivity index is 2.08. The molecule has 1 aromatic heterocycles. The Morgan fingerprint density at radius 1 is 1.05 bits per heavy atom. The summed E-state index contributed by atoms with van der Waals surface area (Å²) in [7, 11) is -3.36. The monoisotopic (exact) mass is 289 g/mol. The molecule has 2 aromatic rings. The van der Waals surface area contributed by atoms with Crippen molar-refractivity contribution in [3.8, 4) is 6.07 Å². The van der Waals surface area contributed by atoms with Crippen molar-refractivity contribution in [3.05, 3.63) is 42.0 Å². The number of benzene rings is 1. The molecular weight excluding hydrogens is 278 g/mol. The maximum Gasteiger partial charge on any atom is 0.231 e. The number of rotatable bonds is 4. The molecule has 1 aromatic carbocycles. The highest BCUT2D eigenvalue weighted by atomic mass is 32.2. The molecule has 0 aliphatic heterocycles. The molecule has 1 heterocycles. The fraction of sp³-hybridized carbons (Fsp3) is 0.0833. The Morgan fingerprint density at radius 3 is 2.15 bits per heavy atom. The van der Waals surface area contributed by atoms with Crippen molar-refractivity contribution in [1.82, 2.24) is 10.2 Å². The molecule has 0 spiro atoms. The standard InChI is InChI=1S/C12H11N5O2S/c1-20(18,19)17-12-7-6-11(15-16-12)14-10-4-2-9(8-13)3-5-10/h2-7H,1H3,(H,14,15)(H,16,17). The van der Waals surface area contributed by atoms with Crippen LogP contribution in [0.5, 0.6) is 0 Å². The van der Waals surface area contributed by atoms with E-state index in [0.29, 0.717) is 11.4 Å². The van der Waals surface area contributed by atoms with E-state index in [1.165, 1.54) is 6.07 Å². The first-order valence-electron chi connectivity index (χ1n) is 5.55. The van der Waals surface area contributed by atoms with Crippen LogP contribution in [0.15, 0.2) is 36.4 Å². The van der Waals surface area contributed by atoms with Crippen LogP contribution in [-0.2, 0) is 10.0 Å². The van der Waals surface area contributed by atoms with Gasteiger partial charge in [0.1, 0.15) is 0 Å². The fourth-order valence-corrected chi connectivity index (χ4v) is 1.91. The molecule has 2 rings (SSSR count). The molecule has 0 unspecified atom stereocenters. The number of sulfonamides is 1. The van der Waals surface area contributed by atoms with E-state index in [2.05, 4.69) is 20.2 Å². The Bertz CT molecular complexity index is 733. The van der Waals surface area contributed by atoms with Gasteiger partial charge in [-0.25, -0.2) is 8.42 Å². The molecule has 0 bridgehead atoms. The first-order valence-corrected chi connectivity index (χ1v) is 7.44. The molecule has 0 fully saturated rings. The van der Waals surface area contributed by atoms with Gasteiger partial charge in [0.2, 0.25) is 10.0 Å². The highest BCUT2D eigenvalue weighted by Gasteiger charge is 2.04. The molecule has 2 N–H and O–H groups in total. The molecule has 0 aliphatic rings. The number of hydrogen-bond donors (Lipinski definition) is 2. The Kier molecular flexibility index (Phi) is 3.81. The largest absolute Gasteiger partial charge is 0.339 e. The van der Waals surface area contributed by atoms with Crippen LogP contribution < -0.4 is 10.0 Å². The van der Waals surface area contributed by atoms with Crippen molar-refractivity contribution in [2.75, 3.05) is 16.3 Å². The van der Waals surface area contributed by atoms with Crippen LogP contribution in [0.2, 0.25) is 0 Å². The summed E-state index contributed by atoms with van der Waals surface area (Å²) in [5.41, 5.74) is 1.32. The molecule has 0 amide bonds. The van der Waals surface area contributed by atoms with Crippen molar-refractivity contribution in [1.29, 1.82) is 5.26 Å². The second-order valence-corrected chi connectivity index (χ2v) is 5.74. The van der Waals surface area contributed by atoms with Crippen LogP contribution in [0.25, 0.3) is 0 Å². The maximum absolute atomic E-state index is 11.0. The van der Waals surface area contributed by atoms with Crippen molar-refractivity contribution < 1.29 is 8.42 Å². The van der Waals surface area contributed by atoms with E-state index in [0.717, 1.165) is 11.9 Å². The third-order valence-electron chi connectivity index (χ3n) is 2.24. The number of nitriles is 1. The van der Waals surface area contributed by atoms with E-state index in [1.807, 2.05) is 6.07 Å². The summed E-state index contributed by atoms with van der Waals surface area (Å²) in [6, 6.07) is 12.0. The van der Waals surface area contributed by atoms with Crippen LogP contribution in [0, 0.1) is 11.3 Å². The third kappa shape index (κ3) is 3.93. The topological polar surface area (TPSA) is 108 Å². The second kappa shape index (κ2) is 5.54. The minimum atomic E-state index is -3.36. The molecule has 8 heteroatoms. The van der Waals surface area contributed by atoms with Gasteiger partial charge in [0, 0.05) is 5.69 Å². The van der Waals surface area contributed by atoms with Crippen molar-refractivity contribution in [3.63, 3.8) is 0 Å². The summed E-state index contributed by atoms with van der Waals surface area (Å²) in [5, 5.41) is 19.3. The second-order valence-electron chi connectivity index (χ2n) is 3.99. The highest BCUT2D eigenvalue weighted by Crippen LogP contribution is 2.15. The predicted octanol–water partition coefficient (Wildman–Crippen LogP) is 1.46.